The van der Waals surface area contributed by atoms with Gasteiger partial charge in [0, 0.05) is 36.5 Å². The van der Waals surface area contributed by atoms with E-state index in [0.29, 0.717) is 30.8 Å². The zero-order valence-electron chi connectivity index (χ0n) is 18.5. The molecule has 166 valence electrons. The zero-order valence-corrected chi connectivity index (χ0v) is 18.5. The number of benzene rings is 2. The van der Waals surface area contributed by atoms with E-state index in [4.69, 9.17) is 5.10 Å². The number of carbonyl (C=O) groups is 1. The lowest BCUT2D eigenvalue weighted by atomic mass is 10.00. The van der Waals surface area contributed by atoms with Crippen molar-refractivity contribution >= 4 is 5.91 Å². The van der Waals surface area contributed by atoms with Gasteiger partial charge in [-0.3, -0.25) is 9.78 Å². The van der Waals surface area contributed by atoms with Crippen LogP contribution in [0.15, 0.2) is 85.1 Å². The van der Waals surface area contributed by atoms with E-state index >= 15 is 0 Å². The molecule has 6 nitrogen and oxygen atoms in total. The second-order valence-corrected chi connectivity index (χ2v) is 8.49. The van der Waals surface area contributed by atoms with Gasteiger partial charge in [-0.1, -0.05) is 54.6 Å². The molecule has 0 bridgehead atoms. The Balaban J connectivity index is 1.49. The van der Waals surface area contributed by atoms with Gasteiger partial charge in [-0.2, -0.15) is 5.10 Å². The summed E-state index contributed by atoms with van der Waals surface area (Å²) < 4.78 is 1.83. The lowest BCUT2D eigenvalue weighted by molar-refractivity contribution is 0.0764. The Labute approximate surface area is 193 Å². The first-order chi connectivity index (χ1) is 16.1. The van der Waals surface area contributed by atoms with Crippen LogP contribution in [0.25, 0.3) is 16.9 Å². The van der Waals surface area contributed by atoms with Gasteiger partial charge in [-0.15, -0.1) is 0 Å². The van der Waals surface area contributed by atoms with Crippen molar-refractivity contribution in [2.24, 2.45) is 5.92 Å². The highest BCUT2D eigenvalue weighted by molar-refractivity contribution is 6.01. The standard InChI is InChI=1S/C27H26N4O2/c1-19-25(27(33)30-17-21(24(32)18-30)16-22-12-8-9-15-28-22)26(20-10-4-2-5-11-20)29-31(19)23-13-6-3-7-14-23/h2-15,21,24,32H,16-18H2,1H3/t21-,24-/m1/s1. The first kappa shape index (κ1) is 21.1. The Morgan fingerprint density at radius 3 is 2.36 bits per heavy atom. The molecule has 1 fully saturated rings. The van der Waals surface area contributed by atoms with Gasteiger partial charge >= 0.3 is 0 Å². The topological polar surface area (TPSA) is 71.2 Å². The maximum absolute atomic E-state index is 13.8. The number of amides is 1. The van der Waals surface area contributed by atoms with Crippen molar-refractivity contribution in [2.75, 3.05) is 13.1 Å². The van der Waals surface area contributed by atoms with Crippen LogP contribution in [0.5, 0.6) is 0 Å². The summed E-state index contributed by atoms with van der Waals surface area (Å²) in [5.41, 5.74) is 4.74. The number of aromatic nitrogens is 3. The first-order valence-corrected chi connectivity index (χ1v) is 11.2. The number of aliphatic hydroxyl groups is 1. The summed E-state index contributed by atoms with van der Waals surface area (Å²) >= 11 is 0. The zero-order chi connectivity index (χ0) is 22.8. The van der Waals surface area contributed by atoms with E-state index in [0.717, 1.165) is 22.6 Å². The monoisotopic (exact) mass is 438 g/mol. The molecule has 0 saturated carbocycles. The van der Waals surface area contributed by atoms with Crippen molar-refractivity contribution in [3.63, 3.8) is 0 Å². The summed E-state index contributed by atoms with van der Waals surface area (Å²) in [4.78, 5) is 19.9. The number of hydrogen-bond donors (Lipinski definition) is 1. The maximum Gasteiger partial charge on any atom is 0.258 e. The third-order valence-electron chi connectivity index (χ3n) is 6.27. The molecule has 1 aliphatic rings. The Morgan fingerprint density at radius 1 is 0.970 bits per heavy atom. The molecule has 2 aromatic carbocycles. The predicted octanol–water partition coefficient (Wildman–Crippen LogP) is 3.92. The number of aliphatic hydroxyl groups excluding tert-OH is 1. The lowest BCUT2D eigenvalue weighted by Crippen LogP contribution is -2.30. The summed E-state index contributed by atoms with van der Waals surface area (Å²) in [5, 5.41) is 15.6. The molecule has 3 heterocycles. The first-order valence-electron chi connectivity index (χ1n) is 11.2. The fourth-order valence-electron chi connectivity index (χ4n) is 4.54. The van der Waals surface area contributed by atoms with Crippen LogP contribution in [0.1, 0.15) is 21.7 Å². The minimum Gasteiger partial charge on any atom is -0.391 e. The van der Waals surface area contributed by atoms with Gasteiger partial charge in [-0.25, -0.2) is 4.68 Å². The third-order valence-corrected chi connectivity index (χ3v) is 6.27. The largest absolute Gasteiger partial charge is 0.391 e. The van der Waals surface area contributed by atoms with Gasteiger partial charge in [0.1, 0.15) is 5.69 Å². The Hall–Kier alpha value is -3.77. The number of hydrogen-bond acceptors (Lipinski definition) is 4. The average Bonchev–Trinajstić information content (AvgIpc) is 3.40. The molecule has 2 atom stereocenters. The van der Waals surface area contributed by atoms with Gasteiger partial charge in [-0.05, 0) is 37.6 Å². The number of rotatable bonds is 5. The van der Waals surface area contributed by atoms with Crippen LogP contribution >= 0.6 is 0 Å². The number of nitrogens with zero attached hydrogens (tertiary/aromatic N) is 4. The van der Waals surface area contributed by atoms with Crippen molar-refractivity contribution in [3.8, 4) is 16.9 Å². The molecule has 1 amide bonds. The molecule has 1 saturated heterocycles. The molecule has 1 N–H and O–H groups in total. The number of likely N-dealkylation sites (tertiary alicyclic amines) is 1. The van der Waals surface area contributed by atoms with Gasteiger partial charge in [0.15, 0.2) is 0 Å². The molecule has 0 spiro atoms. The number of pyridine rings is 1. The van der Waals surface area contributed by atoms with Crippen molar-refractivity contribution < 1.29 is 9.90 Å². The van der Waals surface area contributed by atoms with Gasteiger partial charge in [0.2, 0.25) is 0 Å². The number of para-hydroxylation sites is 1. The summed E-state index contributed by atoms with van der Waals surface area (Å²) in [6, 6.07) is 25.4. The molecule has 0 radical (unpaired) electrons. The molecule has 2 aromatic heterocycles. The highest BCUT2D eigenvalue weighted by atomic mass is 16.3. The summed E-state index contributed by atoms with van der Waals surface area (Å²) in [6.45, 7) is 2.72. The normalized spacial score (nSPS) is 17.9. The van der Waals surface area contributed by atoms with Gasteiger partial charge < -0.3 is 10.0 Å². The van der Waals surface area contributed by atoms with Crippen LogP contribution in [0.2, 0.25) is 0 Å². The van der Waals surface area contributed by atoms with Crippen LogP contribution in [-0.2, 0) is 6.42 Å². The summed E-state index contributed by atoms with van der Waals surface area (Å²) in [7, 11) is 0. The van der Waals surface area contributed by atoms with Gasteiger partial charge in [0.25, 0.3) is 5.91 Å². The summed E-state index contributed by atoms with van der Waals surface area (Å²) in [6.07, 6.45) is 1.81. The Morgan fingerprint density at radius 2 is 1.67 bits per heavy atom. The van der Waals surface area contributed by atoms with Crippen LogP contribution < -0.4 is 0 Å². The lowest BCUT2D eigenvalue weighted by Gasteiger charge is -2.17. The van der Waals surface area contributed by atoms with Crippen LogP contribution in [0.4, 0.5) is 0 Å². The Bertz CT molecular complexity index is 1240. The fraction of sp³-hybridized carbons (Fsp3) is 0.222. The maximum atomic E-state index is 13.8. The van der Waals surface area contributed by atoms with E-state index < -0.39 is 6.10 Å². The molecule has 4 aromatic rings. The molecule has 0 aliphatic carbocycles. The SMILES string of the molecule is Cc1c(C(=O)N2C[C@@H](Cc3ccccn3)[C@H](O)C2)c(-c2ccccc2)nn1-c1ccccc1. The number of carbonyl (C=O) groups excluding carboxylic acids is 1. The predicted molar refractivity (Wildman–Crippen MR) is 127 cm³/mol. The molecule has 6 heteroatoms. The van der Waals surface area contributed by atoms with Crippen molar-refractivity contribution in [1.29, 1.82) is 0 Å². The van der Waals surface area contributed by atoms with E-state index in [-0.39, 0.29) is 11.8 Å². The van der Waals surface area contributed by atoms with Crippen molar-refractivity contribution in [2.45, 2.75) is 19.4 Å². The van der Waals surface area contributed by atoms with E-state index in [1.165, 1.54) is 0 Å². The average molecular weight is 439 g/mol. The highest BCUT2D eigenvalue weighted by Crippen LogP contribution is 2.30. The second-order valence-electron chi connectivity index (χ2n) is 8.49. The van der Waals surface area contributed by atoms with Crippen LogP contribution in [0.3, 0.4) is 0 Å². The minimum atomic E-state index is -0.583. The Kier molecular flexibility index (Phi) is 5.75. The molecule has 0 unspecified atom stereocenters. The van der Waals surface area contributed by atoms with E-state index in [1.807, 2.05) is 90.5 Å². The highest BCUT2D eigenvalue weighted by Gasteiger charge is 2.37. The van der Waals surface area contributed by atoms with E-state index in [9.17, 15) is 9.90 Å². The summed E-state index contributed by atoms with van der Waals surface area (Å²) in [5.74, 6) is -0.149. The van der Waals surface area contributed by atoms with E-state index in [1.54, 1.807) is 11.1 Å². The second kappa shape index (κ2) is 9.00. The smallest absolute Gasteiger partial charge is 0.258 e. The molecule has 5 rings (SSSR count). The minimum absolute atomic E-state index is 0.0477. The molecular weight excluding hydrogens is 412 g/mol. The number of β-amino-alcohol motifs (C(OH)–C–C–N with tert-alkyl or cyclic N) is 1. The van der Waals surface area contributed by atoms with Crippen LogP contribution in [-0.4, -0.2) is 49.9 Å². The third kappa shape index (κ3) is 4.17. The van der Waals surface area contributed by atoms with Gasteiger partial charge in [0.05, 0.1) is 23.0 Å². The molecule has 1 aliphatic heterocycles. The van der Waals surface area contributed by atoms with Crippen molar-refractivity contribution in [1.82, 2.24) is 19.7 Å². The fourth-order valence-corrected chi connectivity index (χ4v) is 4.54. The van der Waals surface area contributed by atoms with Crippen molar-refractivity contribution in [3.05, 3.63) is 102 Å². The molecule has 33 heavy (non-hydrogen) atoms. The quantitative estimate of drug-likeness (QED) is 0.513. The molecular formula is C27H26N4O2. The van der Waals surface area contributed by atoms with E-state index in [2.05, 4.69) is 4.98 Å². The van der Waals surface area contributed by atoms with Crippen LogP contribution in [0, 0.1) is 12.8 Å².